The Morgan fingerprint density at radius 2 is 1.85 bits per heavy atom. The van der Waals surface area contributed by atoms with E-state index in [0.29, 0.717) is 25.7 Å². The van der Waals surface area contributed by atoms with Crippen LogP contribution in [0.5, 0.6) is 0 Å². The molecule has 2 aliphatic rings. The lowest BCUT2D eigenvalue weighted by Crippen LogP contribution is -2.52. The molecule has 4 nitrogen and oxygen atoms in total. The second kappa shape index (κ2) is 7.41. The number of ether oxygens (including phenoxy) is 1. The van der Waals surface area contributed by atoms with Crippen LogP contribution in [0.1, 0.15) is 58.3 Å². The molecule has 2 rings (SSSR count). The van der Waals surface area contributed by atoms with Crippen molar-refractivity contribution in [2.45, 2.75) is 64.3 Å². The summed E-state index contributed by atoms with van der Waals surface area (Å²) in [5, 5.41) is 3.26. The summed E-state index contributed by atoms with van der Waals surface area (Å²) in [7, 11) is 0. The van der Waals surface area contributed by atoms with Gasteiger partial charge in [0.25, 0.3) is 0 Å². The van der Waals surface area contributed by atoms with E-state index in [4.69, 9.17) is 10.5 Å². The second-order valence-electron chi connectivity index (χ2n) is 6.61. The summed E-state index contributed by atoms with van der Waals surface area (Å²) in [5.74, 6) is 0.788. The highest BCUT2D eigenvalue weighted by molar-refractivity contribution is 5.83. The lowest BCUT2D eigenvalue weighted by Gasteiger charge is -2.36. The molecule has 0 unspecified atom stereocenters. The van der Waals surface area contributed by atoms with Gasteiger partial charge in [-0.15, -0.1) is 0 Å². The number of nitrogens with one attached hydrogen (secondary N) is 1. The van der Waals surface area contributed by atoms with E-state index in [1.807, 2.05) is 0 Å². The topological polar surface area (TPSA) is 64.4 Å². The van der Waals surface area contributed by atoms with Crippen LogP contribution in [-0.4, -0.2) is 31.7 Å². The van der Waals surface area contributed by atoms with E-state index in [0.717, 1.165) is 12.8 Å². The van der Waals surface area contributed by atoms with Gasteiger partial charge in [0.1, 0.15) is 0 Å². The standard InChI is InChI=1S/C16H30N2O2/c1-13(14-6-4-2-3-5-7-14)18-15(19)16(12-17)8-10-20-11-9-16/h13-14H,2-12,17H2,1H3,(H,18,19)/t13-/m1/s1. The molecule has 0 aromatic carbocycles. The third-order valence-electron chi connectivity index (χ3n) is 5.29. The van der Waals surface area contributed by atoms with Crippen LogP contribution in [0, 0.1) is 11.3 Å². The number of hydrogen-bond acceptors (Lipinski definition) is 3. The van der Waals surface area contributed by atoms with Crippen LogP contribution < -0.4 is 11.1 Å². The lowest BCUT2D eigenvalue weighted by atomic mass is 9.78. The van der Waals surface area contributed by atoms with Crippen molar-refractivity contribution in [3.8, 4) is 0 Å². The number of nitrogens with two attached hydrogens (primary N) is 1. The minimum absolute atomic E-state index is 0.153. The molecule has 3 N–H and O–H groups in total. The highest BCUT2D eigenvalue weighted by Gasteiger charge is 2.39. The van der Waals surface area contributed by atoms with E-state index in [1.54, 1.807) is 0 Å². The van der Waals surface area contributed by atoms with E-state index in [9.17, 15) is 4.79 Å². The Labute approximate surface area is 122 Å². The smallest absolute Gasteiger partial charge is 0.227 e. The van der Waals surface area contributed by atoms with Gasteiger partial charge in [-0.2, -0.15) is 0 Å². The highest BCUT2D eigenvalue weighted by Crippen LogP contribution is 2.31. The van der Waals surface area contributed by atoms with Gasteiger partial charge >= 0.3 is 0 Å². The van der Waals surface area contributed by atoms with Crippen molar-refractivity contribution >= 4 is 5.91 Å². The first kappa shape index (κ1) is 15.8. The molecule has 20 heavy (non-hydrogen) atoms. The number of rotatable bonds is 4. The average molecular weight is 282 g/mol. The molecule has 1 heterocycles. The van der Waals surface area contributed by atoms with Crippen molar-refractivity contribution < 1.29 is 9.53 Å². The summed E-state index contributed by atoms with van der Waals surface area (Å²) < 4.78 is 5.38. The molecule has 1 saturated heterocycles. The first-order chi connectivity index (χ1) is 9.68. The maximum Gasteiger partial charge on any atom is 0.227 e. The minimum Gasteiger partial charge on any atom is -0.381 e. The molecule has 0 aromatic heterocycles. The monoisotopic (exact) mass is 282 g/mol. The van der Waals surface area contributed by atoms with E-state index in [-0.39, 0.29) is 11.9 Å². The Balaban J connectivity index is 1.91. The van der Waals surface area contributed by atoms with E-state index in [1.165, 1.54) is 38.5 Å². The van der Waals surface area contributed by atoms with Crippen LogP contribution in [0.15, 0.2) is 0 Å². The first-order valence-corrected chi connectivity index (χ1v) is 8.27. The van der Waals surface area contributed by atoms with Crippen molar-refractivity contribution in [2.75, 3.05) is 19.8 Å². The van der Waals surface area contributed by atoms with Gasteiger partial charge in [-0.05, 0) is 38.5 Å². The minimum atomic E-state index is -0.392. The molecule has 2 fully saturated rings. The maximum absolute atomic E-state index is 12.6. The third kappa shape index (κ3) is 3.73. The third-order valence-corrected chi connectivity index (χ3v) is 5.29. The van der Waals surface area contributed by atoms with Gasteiger partial charge in [0.2, 0.25) is 5.91 Å². The number of carbonyl (C=O) groups is 1. The quantitative estimate of drug-likeness (QED) is 0.777. The van der Waals surface area contributed by atoms with Gasteiger partial charge in [0.15, 0.2) is 0 Å². The maximum atomic E-state index is 12.6. The summed E-state index contributed by atoms with van der Waals surface area (Å²) >= 11 is 0. The molecule has 0 bridgehead atoms. The zero-order valence-electron chi connectivity index (χ0n) is 12.8. The molecule has 0 spiro atoms. The molecule has 1 aliphatic heterocycles. The van der Waals surface area contributed by atoms with Crippen LogP contribution in [-0.2, 0) is 9.53 Å². The Bertz CT molecular complexity index is 306. The summed E-state index contributed by atoms with van der Waals surface area (Å²) in [4.78, 5) is 12.6. The van der Waals surface area contributed by atoms with Gasteiger partial charge in [0.05, 0.1) is 5.41 Å². The average Bonchev–Trinajstić information content (AvgIpc) is 2.77. The normalized spacial score (nSPS) is 25.7. The van der Waals surface area contributed by atoms with Gasteiger partial charge in [-0.1, -0.05) is 25.7 Å². The summed E-state index contributed by atoms with van der Waals surface area (Å²) in [5.41, 5.74) is 5.51. The Morgan fingerprint density at radius 1 is 1.25 bits per heavy atom. The number of amides is 1. The molecule has 4 heteroatoms. The molecule has 116 valence electrons. The van der Waals surface area contributed by atoms with Gasteiger partial charge in [-0.3, -0.25) is 4.79 Å². The van der Waals surface area contributed by atoms with Crippen LogP contribution in [0.2, 0.25) is 0 Å². The van der Waals surface area contributed by atoms with Crippen LogP contribution in [0.3, 0.4) is 0 Å². The molecule has 1 atom stereocenters. The van der Waals surface area contributed by atoms with Crippen LogP contribution in [0.25, 0.3) is 0 Å². The zero-order valence-corrected chi connectivity index (χ0v) is 12.8. The molecule has 1 aliphatic carbocycles. The van der Waals surface area contributed by atoms with E-state index >= 15 is 0 Å². The fraction of sp³-hybridized carbons (Fsp3) is 0.938. The van der Waals surface area contributed by atoms with Gasteiger partial charge in [-0.25, -0.2) is 0 Å². The van der Waals surface area contributed by atoms with E-state index < -0.39 is 5.41 Å². The van der Waals surface area contributed by atoms with Crippen molar-refractivity contribution in [3.05, 3.63) is 0 Å². The molecular weight excluding hydrogens is 252 g/mol. The van der Waals surface area contributed by atoms with Crippen molar-refractivity contribution in [1.82, 2.24) is 5.32 Å². The largest absolute Gasteiger partial charge is 0.381 e. The Kier molecular flexibility index (Phi) is 5.85. The number of carbonyl (C=O) groups excluding carboxylic acids is 1. The van der Waals surface area contributed by atoms with Crippen LogP contribution >= 0.6 is 0 Å². The fourth-order valence-electron chi connectivity index (χ4n) is 3.57. The van der Waals surface area contributed by atoms with Gasteiger partial charge in [0, 0.05) is 25.8 Å². The molecule has 1 saturated carbocycles. The summed E-state index contributed by atoms with van der Waals surface area (Å²) in [6, 6.07) is 0.270. The number of hydrogen-bond donors (Lipinski definition) is 2. The van der Waals surface area contributed by atoms with E-state index in [2.05, 4.69) is 12.2 Å². The molecule has 1 amide bonds. The zero-order chi connectivity index (χ0) is 14.4. The molecule has 0 radical (unpaired) electrons. The highest BCUT2D eigenvalue weighted by atomic mass is 16.5. The molecular formula is C16H30N2O2. The first-order valence-electron chi connectivity index (χ1n) is 8.27. The van der Waals surface area contributed by atoms with Crippen LogP contribution in [0.4, 0.5) is 0 Å². The second-order valence-corrected chi connectivity index (χ2v) is 6.61. The Hall–Kier alpha value is -0.610. The van der Waals surface area contributed by atoms with Crippen molar-refractivity contribution in [1.29, 1.82) is 0 Å². The SMILES string of the molecule is C[C@@H](NC(=O)C1(CN)CCOCC1)C1CCCCCC1. The molecule has 0 aromatic rings. The predicted octanol–water partition coefficient (Wildman–Crippen LogP) is 2.22. The summed E-state index contributed by atoms with van der Waals surface area (Å²) in [6.45, 7) is 3.90. The fourth-order valence-corrected chi connectivity index (χ4v) is 3.57. The summed E-state index contributed by atoms with van der Waals surface area (Å²) in [6.07, 6.45) is 9.32. The van der Waals surface area contributed by atoms with Crippen molar-refractivity contribution in [3.63, 3.8) is 0 Å². The predicted molar refractivity (Wildman–Crippen MR) is 80.3 cm³/mol. The lowest BCUT2D eigenvalue weighted by molar-refractivity contribution is -0.137. The van der Waals surface area contributed by atoms with Crippen molar-refractivity contribution in [2.24, 2.45) is 17.1 Å². The van der Waals surface area contributed by atoms with Gasteiger partial charge < -0.3 is 15.8 Å². The Morgan fingerprint density at radius 3 is 2.40 bits per heavy atom.